The van der Waals surface area contributed by atoms with Crippen molar-refractivity contribution in [2.75, 3.05) is 4.90 Å². The van der Waals surface area contributed by atoms with Crippen molar-refractivity contribution in [3.63, 3.8) is 0 Å². The van der Waals surface area contributed by atoms with Gasteiger partial charge in [-0.05, 0) is 35.9 Å². The molecule has 0 aliphatic carbocycles. The fraction of sp³-hybridized carbons (Fsp3) is 0.0435. The van der Waals surface area contributed by atoms with Crippen LogP contribution < -0.4 is 4.90 Å². The number of halogens is 1. The average Bonchev–Trinajstić information content (AvgIpc) is 3.44. The summed E-state index contributed by atoms with van der Waals surface area (Å²) >= 11 is 4.90. The minimum absolute atomic E-state index is 0.151. The highest BCUT2D eigenvalue weighted by molar-refractivity contribution is 9.10. The van der Waals surface area contributed by atoms with Crippen LogP contribution in [-0.2, 0) is 11.3 Å². The number of hydrogen-bond acceptors (Lipinski definition) is 4. The van der Waals surface area contributed by atoms with Crippen LogP contribution in [0.4, 0.5) is 5.13 Å². The van der Waals surface area contributed by atoms with E-state index in [9.17, 15) is 4.79 Å². The predicted molar refractivity (Wildman–Crippen MR) is 121 cm³/mol. The smallest absolute Gasteiger partial charge is 0.253 e. The molecule has 4 rings (SSSR count). The summed E-state index contributed by atoms with van der Waals surface area (Å²) in [6.45, 7) is 0.440. The Balaban J connectivity index is 1.62. The van der Waals surface area contributed by atoms with Crippen LogP contribution in [0.1, 0.15) is 11.3 Å². The minimum atomic E-state index is -0.151. The first-order valence-corrected chi connectivity index (χ1v) is 10.6. The standard InChI is InChI=1S/C23H17BrN2O2S/c24-19-10-8-18(9-11-19)21-16-29-23(25-21)26(15-17-5-2-1-3-6-17)22(27)13-12-20-7-4-14-28-20/h1-14,16H,15H2. The van der Waals surface area contributed by atoms with Gasteiger partial charge in [-0.2, -0.15) is 0 Å². The maximum absolute atomic E-state index is 13.0. The Morgan fingerprint density at radius 3 is 2.59 bits per heavy atom. The summed E-state index contributed by atoms with van der Waals surface area (Å²) in [7, 11) is 0. The van der Waals surface area contributed by atoms with Crippen LogP contribution in [0.15, 0.2) is 93.3 Å². The lowest BCUT2D eigenvalue weighted by Crippen LogP contribution is -2.28. The molecule has 0 spiro atoms. The van der Waals surface area contributed by atoms with Crippen molar-refractivity contribution in [1.82, 2.24) is 4.98 Å². The highest BCUT2D eigenvalue weighted by atomic mass is 79.9. The van der Waals surface area contributed by atoms with Crippen molar-refractivity contribution in [1.29, 1.82) is 0 Å². The lowest BCUT2D eigenvalue weighted by Gasteiger charge is -2.18. The monoisotopic (exact) mass is 464 g/mol. The second-order valence-corrected chi connectivity index (χ2v) is 8.03. The Morgan fingerprint density at radius 2 is 1.86 bits per heavy atom. The molecule has 0 radical (unpaired) electrons. The number of carbonyl (C=O) groups is 1. The molecule has 144 valence electrons. The molecule has 4 aromatic rings. The van der Waals surface area contributed by atoms with Gasteiger partial charge >= 0.3 is 0 Å². The maximum atomic E-state index is 13.0. The molecule has 0 bridgehead atoms. The normalized spacial score (nSPS) is 11.1. The molecule has 6 heteroatoms. The molecular formula is C23H17BrN2O2S. The molecule has 1 amide bonds. The van der Waals surface area contributed by atoms with Gasteiger partial charge < -0.3 is 4.42 Å². The molecule has 4 nitrogen and oxygen atoms in total. The molecule has 2 aromatic heterocycles. The molecule has 0 saturated heterocycles. The number of benzene rings is 2. The number of amides is 1. The molecule has 2 heterocycles. The van der Waals surface area contributed by atoms with E-state index in [1.807, 2.05) is 60.0 Å². The van der Waals surface area contributed by atoms with E-state index < -0.39 is 0 Å². The summed E-state index contributed by atoms with van der Waals surface area (Å²) in [5.41, 5.74) is 2.89. The van der Waals surface area contributed by atoms with E-state index >= 15 is 0 Å². The number of nitrogens with zero attached hydrogens (tertiary/aromatic N) is 2. The van der Waals surface area contributed by atoms with Crippen molar-refractivity contribution in [3.05, 3.63) is 100 Å². The zero-order valence-electron chi connectivity index (χ0n) is 15.4. The first kappa shape index (κ1) is 19.4. The second kappa shape index (κ2) is 9.03. The van der Waals surface area contributed by atoms with E-state index in [-0.39, 0.29) is 5.91 Å². The van der Waals surface area contributed by atoms with E-state index in [0.29, 0.717) is 17.4 Å². The highest BCUT2D eigenvalue weighted by Crippen LogP contribution is 2.29. The quantitative estimate of drug-likeness (QED) is 0.309. The second-order valence-electron chi connectivity index (χ2n) is 6.28. The largest absolute Gasteiger partial charge is 0.465 e. The molecule has 0 unspecified atom stereocenters. The van der Waals surface area contributed by atoms with Crippen molar-refractivity contribution in [2.45, 2.75) is 6.54 Å². The Bertz CT molecular complexity index is 1100. The van der Waals surface area contributed by atoms with Crippen molar-refractivity contribution in [2.24, 2.45) is 0 Å². The van der Waals surface area contributed by atoms with Gasteiger partial charge in [-0.1, -0.05) is 58.4 Å². The van der Waals surface area contributed by atoms with Crippen LogP contribution in [0.25, 0.3) is 17.3 Å². The van der Waals surface area contributed by atoms with Gasteiger partial charge in [0.2, 0.25) is 0 Å². The van der Waals surface area contributed by atoms with E-state index in [1.165, 1.54) is 17.4 Å². The van der Waals surface area contributed by atoms with Gasteiger partial charge in [0.15, 0.2) is 5.13 Å². The lowest BCUT2D eigenvalue weighted by molar-refractivity contribution is -0.114. The molecule has 0 fully saturated rings. The molecule has 0 atom stereocenters. The summed E-state index contributed by atoms with van der Waals surface area (Å²) in [5.74, 6) is 0.481. The number of thiazole rings is 1. The van der Waals surface area contributed by atoms with Crippen molar-refractivity contribution in [3.8, 4) is 11.3 Å². The van der Waals surface area contributed by atoms with Gasteiger partial charge in [0.1, 0.15) is 5.76 Å². The third-order valence-electron chi connectivity index (χ3n) is 4.25. The SMILES string of the molecule is O=C(C=Cc1ccco1)N(Cc1ccccc1)c1nc(-c2ccc(Br)cc2)cs1. The Kier molecular flexibility index (Phi) is 6.03. The van der Waals surface area contributed by atoms with Gasteiger partial charge in [0.25, 0.3) is 5.91 Å². The van der Waals surface area contributed by atoms with Crippen LogP contribution in [0, 0.1) is 0 Å². The van der Waals surface area contributed by atoms with E-state index in [4.69, 9.17) is 9.40 Å². The molecule has 0 aliphatic heterocycles. The molecule has 29 heavy (non-hydrogen) atoms. The first-order chi connectivity index (χ1) is 14.2. The number of furan rings is 1. The topological polar surface area (TPSA) is 46.3 Å². The lowest BCUT2D eigenvalue weighted by atomic mass is 10.2. The molecule has 0 aliphatic rings. The predicted octanol–water partition coefficient (Wildman–Crippen LogP) is 6.41. The first-order valence-electron chi connectivity index (χ1n) is 8.97. The number of aromatic nitrogens is 1. The zero-order chi connectivity index (χ0) is 20.1. The maximum Gasteiger partial charge on any atom is 0.253 e. The minimum Gasteiger partial charge on any atom is -0.465 e. The Hall–Kier alpha value is -2.96. The summed E-state index contributed by atoms with van der Waals surface area (Å²) in [6, 6.07) is 21.4. The van der Waals surface area contributed by atoms with Crippen LogP contribution in [-0.4, -0.2) is 10.9 Å². The summed E-state index contributed by atoms with van der Waals surface area (Å²) < 4.78 is 6.30. The third-order valence-corrected chi connectivity index (χ3v) is 5.64. The van der Waals surface area contributed by atoms with E-state index in [1.54, 1.807) is 29.4 Å². The fourth-order valence-electron chi connectivity index (χ4n) is 2.78. The van der Waals surface area contributed by atoms with Crippen LogP contribution in [0.3, 0.4) is 0 Å². The third kappa shape index (κ3) is 4.91. The Morgan fingerprint density at radius 1 is 1.07 bits per heavy atom. The molecule has 2 aromatic carbocycles. The Labute approximate surface area is 181 Å². The van der Waals surface area contributed by atoms with Gasteiger partial charge in [0.05, 0.1) is 18.5 Å². The summed E-state index contributed by atoms with van der Waals surface area (Å²) in [5, 5.41) is 2.63. The number of carbonyl (C=O) groups excluding carboxylic acids is 1. The molecule has 0 saturated carbocycles. The highest BCUT2D eigenvalue weighted by Gasteiger charge is 2.18. The average molecular weight is 465 g/mol. The number of anilines is 1. The van der Waals surface area contributed by atoms with Crippen molar-refractivity contribution < 1.29 is 9.21 Å². The molecular weight excluding hydrogens is 448 g/mol. The number of hydrogen-bond donors (Lipinski definition) is 0. The van der Waals surface area contributed by atoms with E-state index in [0.717, 1.165) is 21.3 Å². The summed E-state index contributed by atoms with van der Waals surface area (Å²) in [4.78, 5) is 19.4. The van der Waals surface area contributed by atoms with Gasteiger partial charge in [0, 0.05) is 21.5 Å². The number of rotatable bonds is 6. The van der Waals surface area contributed by atoms with Gasteiger partial charge in [-0.25, -0.2) is 4.98 Å². The van der Waals surface area contributed by atoms with Gasteiger partial charge in [-0.3, -0.25) is 9.69 Å². The van der Waals surface area contributed by atoms with Crippen LogP contribution >= 0.6 is 27.3 Å². The molecule has 0 N–H and O–H groups in total. The van der Waals surface area contributed by atoms with Gasteiger partial charge in [-0.15, -0.1) is 11.3 Å². The van der Waals surface area contributed by atoms with Crippen molar-refractivity contribution >= 4 is 44.4 Å². The summed E-state index contributed by atoms with van der Waals surface area (Å²) in [6.07, 6.45) is 4.77. The van der Waals surface area contributed by atoms with E-state index in [2.05, 4.69) is 15.9 Å². The van der Waals surface area contributed by atoms with Crippen LogP contribution in [0.2, 0.25) is 0 Å². The fourth-order valence-corrected chi connectivity index (χ4v) is 3.88. The zero-order valence-corrected chi connectivity index (χ0v) is 17.8. The van der Waals surface area contributed by atoms with Crippen LogP contribution in [0.5, 0.6) is 0 Å².